The van der Waals surface area contributed by atoms with Crippen LogP contribution in [0, 0.1) is 10.1 Å². The Morgan fingerprint density at radius 2 is 2.00 bits per heavy atom. The molecule has 0 unspecified atom stereocenters. The van der Waals surface area contributed by atoms with E-state index >= 15 is 0 Å². The van der Waals surface area contributed by atoms with Crippen molar-refractivity contribution < 1.29 is 19.2 Å². The van der Waals surface area contributed by atoms with Crippen LogP contribution in [0.25, 0.3) is 6.08 Å². The van der Waals surface area contributed by atoms with Crippen LogP contribution in [-0.4, -0.2) is 22.2 Å². The summed E-state index contributed by atoms with van der Waals surface area (Å²) >= 11 is 0. The number of benzene rings is 1. The van der Waals surface area contributed by atoms with Gasteiger partial charge in [0.1, 0.15) is 16.4 Å². The minimum Gasteiger partial charge on any atom is -0.508 e. The summed E-state index contributed by atoms with van der Waals surface area (Å²) in [6.07, 6.45) is 4.22. The number of hydrogen-bond acceptors (Lipinski definition) is 6. The molecule has 112 valence electrons. The fourth-order valence-corrected chi connectivity index (χ4v) is 1.48. The third-order valence-electron chi connectivity index (χ3n) is 2.51. The predicted molar refractivity (Wildman–Crippen MR) is 78.5 cm³/mol. The summed E-state index contributed by atoms with van der Waals surface area (Å²) in [5.74, 6) is -0.422. The van der Waals surface area contributed by atoms with Gasteiger partial charge in [0, 0.05) is 11.8 Å². The molecule has 0 spiro atoms. The van der Waals surface area contributed by atoms with Gasteiger partial charge in [-0.05, 0) is 42.5 Å². The fraction of sp³-hybridized carbons (Fsp3) is 0. The van der Waals surface area contributed by atoms with Crippen LogP contribution in [0.1, 0.15) is 16.1 Å². The van der Waals surface area contributed by atoms with Gasteiger partial charge in [-0.15, -0.1) is 0 Å². The fourth-order valence-electron chi connectivity index (χ4n) is 1.48. The molecule has 8 nitrogen and oxygen atoms in total. The number of nitrogens with one attached hydrogen (secondary N) is 1. The number of phenols is 1. The molecular weight excluding hydrogens is 290 g/mol. The van der Waals surface area contributed by atoms with Crippen molar-refractivity contribution in [3.63, 3.8) is 0 Å². The largest absolute Gasteiger partial charge is 0.508 e. The minimum absolute atomic E-state index is 0.0653. The molecule has 0 radical (unpaired) electrons. The topological polar surface area (TPSA) is 118 Å². The Labute approximate surface area is 124 Å². The molecule has 0 saturated heterocycles. The van der Waals surface area contributed by atoms with Gasteiger partial charge >= 0.3 is 5.88 Å². The monoisotopic (exact) mass is 301 g/mol. The lowest BCUT2D eigenvalue weighted by Gasteiger charge is -1.98. The second-order valence-corrected chi connectivity index (χ2v) is 4.06. The summed E-state index contributed by atoms with van der Waals surface area (Å²) in [5, 5.41) is 23.2. The number of amides is 1. The number of nitro groups is 1. The van der Waals surface area contributed by atoms with Crippen molar-refractivity contribution in [1.82, 2.24) is 5.43 Å². The van der Waals surface area contributed by atoms with Gasteiger partial charge in [-0.2, -0.15) is 5.10 Å². The van der Waals surface area contributed by atoms with E-state index in [-0.39, 0.29) is 11.6 Å². The first kappa shape index (κ1) is 15.0. The number of carbonyl (C=O) groups is 1. The van der Waals surface area contributed by atoms with Crippen molar-refractivity contribution in [2.45, 2.75) is 0 Å². The number of aromatic hydroxyl groups is 1. The van der Waals surface area contributed by atoms with Crippen LogP contribution in [0.3, 0.4) is 0 Å². The molecule has 1 aromatic carbocycles. The van der Waals surface area contributed by atoms with Crippen molar-refractivity contribution in [1.29, 1.82) is 0 Å². The molecule has 0 aliphatic rings. The Morgan fingerprint density at radius 3 is 2.64 bits per heavy atom. The van der Waals surface area contributed by atoms with E-state index < -0.39 is 10.8 Å². The third kappa shape index (κ3) is 4.04. The van der Waals surface area contributed by atoms with Gasteiger partial charge in [-0.25, -0.2) is 5.43 Å². The van der Waals surface area contributed by atoms with E-state index in [0.29, 0.717) is 11.3 Å². The molecule has 0 aliphatic carbocycles. The Balaban J connectivity index is 1.86. The molecule has 0 atom stereocenters. The second-order valence-electron chi connectivity index (χ2n) is 4.06. The highest BCUT2D eigenvalue weighted by Gasteiger charge is 2.09. The highest BCUT2D eigenvalue weighted by Crippen LogP contribution is 2.16. The number of rotatable bonds is 5. The quantitative estimate of drug-likeness (QED) is 0.499. The average molecular weight is 301 g/mol. The number of allylic oxidation sites excluding steroid dienone is 1. The maximum atomic E-state index is 11.6. The normalized spacial score (nSPS) is 11.1. The zero-order valence-electron chi connectivity index (χ0n) is 11.2. The van der Waals surface area contributed by atoms with E-state index in [0.717, 1.165) is 0 Å². The molecule has 0 bridgehead atoms. The van der Waals surface area contributed by atoms with E-state index in [1.807, 2.05) is 0 Å². The van der Waals surface area contributed by atoms with E-state index in [9.17, 15) is 14.9 Å². The number of hydrazone groups is 1. The first-order valence-corrected chi connectivity index (χ1v) is 6.09. The molecule has 1 aromatic heterocycles. The molecule has 8 heteroatoms. The molecule has 0 fully saturated rings. The van der Waals surface area contributed by atoms with Gasteiger partial charge in [0.2, 0.25) is 0 Å². The Kier molecular flexibility index (Phi) is 4.66. The van der Waals surface area contributed by atoms with E-state index in [2.05, 4.69) is 10.5 Å². The van der Waals surface area contributed by atoms with Crippen molar-refractivity contribution in [3.05, 3.63) is 63.9 Å². The molecule has 1 amide bonds. The lowest BCUT2D eigenvalue weighted by atomic mass is 10.2. The predicted octanol–water partition coefficient (Wildman–Crippen LogP) is 2.32. The SMILES string of the molecule is O=C(N/N=C/C=C/c1ccc([N+](=O)[O-])o1)c1ccc(O)cc1. The number of carbonyl (C=O) groups excluding carboxylic acids is 1. The number of furan rings is 1. The molecule has 2 N–H and O–H groups in total. The molecule has 1 heterocycles. The summed E-state index contributed by atoms with van der Waals surface area (Å²) in [6, 6.07) is 8.38. The maximum Gasteiger partial charge on any atom is 0.433 e. The van der Waals surface area contributed by atoms with Gasteiger partial charge in [0.15, 0.2) is 0 Å². The number of phenolic OH excluding ortho intramolecular Hbond substituents is 1. The van der Waals surface area contributed by atoms with Crippen LogP contribution >= 0.6 is 0 Å². The standard InChI is InChI=1S/C14H11N3O5/c18-11-5-3-10(4-6-11)14(19)16-15-9-1-2-12-7-8-13(22-12)17(20)21/h1-9,18H,(H,16,19)/b2-1+,15-9+. The summed E-state index contributed by atoms with van der Waals surface area (Å²) < 4.78 is 4.89. The molecule has 0 aliphatic heterocycles. The van der Waals surface area contributed by atoms with Gasteiger partial charge in [-0.3, -0.25) is 14.9 Å². The first-order valence-electron chi connectivity index (χ1n) is 6.09. The number of nitrogens with zero attached hydrogens (tertiary/aromatic N) is 2. The van der Waals surface area contributed by atoms with Crippen LogP contribution in [0.15, 0.2) is 52.0 Å². The highest BCUT2D eigenvalue weighted by molar-refractivity contribution is 5.94. The van der Waals surface area contributed by atoms with E-state index in [4.69, 9.17) is 9.52 Å². The van der Waals surface area contributed by atoms with Crippen LogP contribution in [0.5, 0.6) is 5.75 Å². The van der Waals surface area contributed by atoms with Gasteiger partial charge in [-0.1, -0.05) is 0 Å². The molecular formula is C14H11N3O5. The van der Waals surface area contributed by atoms with Crippen molar-refractivity contribution in [2.75, 3.05) is 0 Å². The minimum atomic E-state index is -0.636. The van der Waals surface area contributed by atoms with Crippen LogP contribution < -0.4 is 5.43 Å². The Hall–Kier alpha value is -3.42. The maximum absolute atomic E-state index is 11.6. The Bertz CT molecular complexity index is 731. The van der Waals surface area contributed by atoms with Crippen molar-refractivity contribution in [3.8, 4) is 5.75 Å². The molecule has 2 aromatic rings. The molecule has 2 rings (SSSR count). The van der Waals surface area contributed by atoms with Crippen LogP contribution in [0.4, 0.5) is 5.88 Å². The first-order chi connectivity index (χ1) is 10.6. The van der Waals surface area contributed by atoms with E-state index in [1.54, 1.807) is 0 Å². The van der Waals surface area contributed by atoms with Gasteiger partial charge < -0.3 is 9.52 Å². The zero-order chi connectivity index (χ0) is 15.9. The lowest BCUT2D eigenvalue weighted by Crippen LogP contribution is -2.16. The highest BCUT2D eigenvalue weighted by atomic mass is 16.6. The Morgan fingerprint density at radius 1 is 1.27 bits per heavy atom. The molecule has 0 saturated carbocycles. The smallest absolute Gasteiger partial charge is 0.433 e. The van der Waals surface area contributed by atoms with E-state index in [1.165, 1.54) is 54.8 Å². The van der Waals surface area contributed by atoms with Gasteiger partial charge in [0.05, 0.1) is 6.07 Å². The third-order valence-corrected chi connectivity index (χ3v) is 2.51. The van der Waals surface area contributed by atoms with Crippen LogP contribution in [-0.2, 0) is 0 Å². The summed E-state index contributed by atoms with van der Waals surface area (Å²) in [7, 11) is 0. The summed E-state index contributed by atoms with van der Waals surface area (Å²) in [5.41, 5.74) is 2.63. The average Bonchev–Trinajstić information content (AvgIpc) is 2.96. The zero-order valence-corrected chi connectivity index (χ0v) is 11.2. The van der Waals surface area contributed by atoms with Crippen molar-refractivity contribution >= 4 is 24.1 Å². The van der Waals surface area contributed by atoms with Gasteiger partial charge in [0.25, 0.3) is 5.91 Å². The lowest BCUT2D eigenvalue weighted by molar-refractivity contribution is -0.402. The number of hydrogen-bond donors (Lipinski definition) is 2. The molecule has 22 heavy (non-hydrogen) atoms. The van der Waals surface area contributed by atoms with Crippen LogP contribution in [0.2, 0.25) is 0 Å². The summed E-state index contributed by atoms with van der Waals surface area (Å²) in [6.45, 7) is 0. The summed E-state index contributed by atoms with van der Waals surface area (Å²) in [4.78, 5) is 21.4. The van der Waals surface area contributed by atoms with Crippen molar-refractivity contribution in [2.24, 2.45) is 5.10 Å². The second kappa shape index (κ2) is 6.84.